The van der Waals surface area contributed by atoms with Crippen LogP contribution < -0.4 is 11.1 Å². The third-order valence-electron chi connectivity index (χ3n) is 2.81. The van der Waals surface area contributed by atoms with Crippen molar-refractivity contribution in [1.82, 2.24) is 10.3 Å². The molecule has 0 saturated carbocycles. The lowest BCUT2D eigenvalue weighted by atomic mass is 10.0. The summed E-state index contributed by atoms with van der Waals surface area (Å²) in [5.41, 5.74) is 9.46. The number of carbonyl (C=O) groups is 1. The zero-order valence-corrected chi connectivity index (χ0v) is 12.0. The van der Waals surface area contributed by atoms with E-state index in [9.17, 15) is 4.79 Å². The monoisotopic (exact) mass is 285 g/mol. The Bertz CT molecular complexity index is 653. The molecule has 0 atom stereocenters. The SMILES string of the molecule is Cc1c(C#CCN)cccc1C(=O)NCc1cncs1. The molecule has 3 N–H and O–H groups in total. The van der Waals surface area contributed by atoms with Gasteiger partial charge < -0.3 is 11.1 Å². The van der Waals surface area contributed by atoms with E-state index in [2.05, 4.69) is 22.1 Å². The molecule has 2 aromatic rings. The summed E-state index contributed by atoms with van der Waals surface area (Å²) in [5, 5.41) is 2.88. The zero-order chi connectivity index (χ0) is 14.4. The smallest absolute Gasteiger partial charge is 0.251 e. The number of carbonyl (C=O) groups excluding carboxylic acids is 1. The second-order valence-corrected chi connectivity index (χ2v) is 5.11. The zero-order valence-electron chi connectivity index (χ0n) is 11.1. The highest BCUT2D eigenvalue weighted by Gasteiger charge is 2.10. The largest absolute Gasteiger partial charge is 0.347 e. The Hall–Kier alpha value is -2.16. The molecule has 0 bridgehead atoms. The molecule has 0 aliphatic heterocycles. The summed E-state index contributed by atoms with van der Waals surface area (Å²) in [6, 6.07) is 5.51. The minimum atomic E-state index is -0.104. The number of hydrogen-bond acceptors (Lipinski definition) is 4. The minimum Gasteiger partial charge on any atom is -0.347 e. The molecule has 1 aromatic carbocycles. The first kappa shape index (κ1) is 14.3. The maximum atomic E-state index is 12.2. The molecule has 0 fully saturated rings. The first-order chi connectivity index (χ1) is 9.72. The van der Waals surface area contributed by atoms with Gasteiger partial charge in [0, 0.05) is 22.2 Å². The number of nitrogens with one attached hydrogen (secondary N) is 1. The highest BCUT2D eigenvalue weighted by Crippen LogP contribution is 2.13. The van der Waals surface area contributed by atoms with Crippen molar-refractivity contribution in [3.63, 3.8) is 0 Å². The Morgan fingerprint density at radius 1 is 1.50 bits per heavy atom. The fourth-order valence-corrected chi connectivity index (χ4v) is 2.29. The lowest BCUT2D eigenvalue weighted by molar-refractivity contribution is 0.0950. The summed E-state index contributed by atoms with van der Waals surface area (Å²) in [5.74, 6) is 5.68. The van der Waals surface area contributed by atoms with Crippen LogP contribution in [0.4, 0.5) is 0 Å². The molecule has 0 aliphatic rings. The van der Waals surface area contributed by atoms with Crippen LogP contribution in [0.25, 0.3) is 0 Å². The third-order valence-corrected chi connectivity index (χ3v) is 3.59. The van der Waals surface area contributed by atoms with Gasteiger partial charge in [-0.1, -0.05) is 17.9 Å². The Morgan fingerprint density at radius 2 is 2.35 bits per heavy atom. The minimum absolute atomic E-state index is 0.104. The van der Waals surface area contributed by atoms with E-state index >= 15 is 0 Å². The van der Waals surface area contributed by atoms with Crippen LogP contribution in [0, 0.1) is 18.8 Å². The van der Waals surface area contributed by atoms with Crippen molar-refractivity contribution < 1.29 is 4.79 Å². The van der Waals surface area contributed by atoms with Gasteiger partial charge in [-0.05, 0) is 24.6 Å². The molecule has 20 heavy (non-hydrogen) atoms. The number of nitrogens with two attached hydrogens (primary N) is 1. The number of rotatable bonds is 3. The third kappa shape index (κ3) is 3.44. The molecule has 4 nitrogen and oxygen atoms in total. The average Bonchev–Trinajstić information content (AvgIpc) is 2.97. The molecular weight excluding hydrogens is 270 g/mol. The molecule has 1 heterocycles. The topological polar surface area (TPSA) is 68.0 Å². The van der Waals surface area contributed by atoms with Gasteiger partial charge in [0.1, 0.15) is 0 Å². The fraction of sp³-hybridized carbons (Fsp3) is 0.200. The first-order valence-corrected chi connectivity index (χ1v) is 7.04. The van der Waals surface area contributed by atoms with Crippen molar-refractivity contribution in [3.05, 3.63) is 51.5 Å². The molecule has 1 amide bonds. The quantitative estimate of drug-likeness (QED) is 0.843. The van der Waals surface area contributed by atoms with Gasteiger partial charge in [0.25, 0.3) is 5.91 Å². The van der Waals surface area contributed by atoms with Crippen LogP contribution in [-0.2, 0) is 6.54 Å². The Balaban J connectivity index is 2.13. The maximum absolute atomic E-state index is 12.2. The van der Waals surface area contributed by atoms with Crippen molar-refractivity contribution in [2.45, 2.75) is 13.5 Å². The van der Waals surface area contributed by atoms with Gasteiger partial charge in [-0.2, -0.15) is 0 Å². The molecule has 5 heteroatoms. The molecular formula is C15H15N3OS. The van der Waals surface area contributed by atoms with E-state index in [0.717, 1.165) is 16.0 Å². The normalized spacial score (nSPS) is 9.70. The Kier molecular flexibility index (Phi) is 4.88. The summed E-state index contributed by atoms with van der Waals surface area (Å²) in [6.45, 7) is 2.69. The number of hydrogen-bond donors (Lipinski definition) is 2. The van der Waals surface area contributed by atoms with Gasteiger partial charge in [0.2, 0.25) is 0 Å². The van der Waals surface area contributed by atoms with Crippen molar-refractivity contribution >= 4 is 17.2 Å². The van der Waals surface area contributed by atoms with E-state index in [0.29, 0.717) is 18.7 Å². The molecule has 0 aliphatic carbocycles. The van der Waals surface area contributed by atoms with Crippen LogP contribution in [0.5, 0.6) is 0 Å². The summed E-state index contributed by atoms with van der Waals surface area (Å²) >= 11 is 1.52. The van der Waals surface area contributed by atoms with Crippen LogP contribution in [0.3, 0.4) is 0 Å². The van der Waals surface area contributed by atoms with Gasteiger partial charge in [0.05, 0.1) is 18.6 Å². The van der Waals surface area contributed by atoms with E-state index in [1.54, 1.807) is 17.8 Å². The first-order valence-electron chi connectivity index (χ1n) is 6.16. The lowest BCUT2D eigenvalue weighted by Gasteiger charge is -2.08. The van der Waals surface area contributed by atoms with E-state index in [4.69, 9.17) is 5.73 Å². The average molecular weight is 285 g/mol. The predicted octanol–water partition coefficient (Wildman–Crippen LogP) is 1.69. The van der Waals surface area contributed by atoms with E-state index < -0.39 is 0 Å². The van der Waals surface area contributed by atoms with Crippen LogP contribution in [-0.4, -0.2) is 17.4 Å². The van der Waals surface area contributed by atoms with Crippen LogP contribution >= 0.6 is 11.3 Å². The number of nitrogens with zero attached hydrogens (tertiary/aromatic N) is 1. The Morgan fingerprint density at radius 3 is 3.05 bits per heavy atom. The van der Waals surface area contributed by atoms with Crippen molar-refractivity contribution in [2.24, 2.45) is 5.73 Å². The molecule has 1 aromatic heterocycles. The standard InChI is InChI=1S/C15H15N3OS/c1-11-12(5-3-7-16)4-2-6-14(11)15(19)18-9-13-8-17-10-20-13/h2,4,6,8,10H,7,9,16H2,1H3,(H,18,19). The fourth-order valence-electron chi connectivity index (χ4n) is 1.76. The van der Waals surface area contributed by atoms with Crippen molar-refractivity contribution in [2.75, 3.05) is 6.54 Å². The van der Waals surface area contributed by atoms with Crippen molar-refractivity contribution in [1.29, 1.82) is 0 Å². The maximum Gasteiger partial charge on any atom is 0.251 e. The Labute approximate surface area is 122 Å². The molecule has 0 unspecified atom stereocenters. The number of thiazole rings is 1. The van der Waals surface area contributed by atoms with E-state index in [1.807, 2.05) is 19.1 Å². The number of aromatic nitrogens is 1. The van der Waals surface area contributed by atoms with Crippen LogP contribution in [0.1, 0.15) is 26.4 Å². The molecule has 0 spiro atoms. The number of amides is 1. The molecule has 0 radical (unpaired) electrons. The van der Waals surface area contributed by atoms with Gasteiger partial charge >= 0.3 is 0 Å². The predicted molar refractivity (Wildman–Crippen MR) is 80.4 cm³/mol. The van der Waals surface area contributed by atoms with Gasteiger partial charge in [0.15, 0.2) is 0 Å². The van der Waals surface area contributed by atoms with Crippen molar-refractivity contribution in [3.8, 4) is 11.8 Å². The number of benzene rings is 1. The molecule has 0 saturated heterocycles. The van der Waals surface area contributed by atoms with Gasteiger partial charge in [-0.3, -0.25) is 9.78 Å². The summed E-state index contributed by atoms with van der Waals surface area (Å²) in [6.07, 6.45) is 1.75. The lowest BCUT2D eigenvalue weighted by Crippen LogP contribution is -2.23. The molecule has 102 valence electrons. The molecule has 2 rings (SSSR count). The second kappa shape index (κ2) is 6.85. The highest BCUT2D eigenvalue weighted by atomic mass is 32.1. The second-order valence-electron chi connectivity index (χ2n) is 4.13. The van der Waals surface area contributed by atoms with E-state index in [-0.39, 0.29) is 5.91 Å². The van der Waals surface area contributed by atoms with Crippen LogP contribution in [0.2, 0.25) is 0 Å². The van der Waals surface area contributed by atoms with Crippen LogP contribution in [0.15, 0.2) is 29.9 Å². The van der Waals surface area contributed by atoms with Gasteiger partial charge in [-0.25, -0.2) is 0 Å². The highest BCUT2D eigenvalue weighted by molar-refractivity contribution is 7.09. The summed E-state index contributed by atoms with van der Waals surface area (Å²) in [7, 11) is 0. The summed E-state index contributed by atoms with van der Waals surface area (Å²) < 4.78 is 0. The summed E-state index contributed by atoms with van der Waals surface area (Å²) in [4.78, 5) is 17.2. The van der Waals surface area contributed by atoms with E-state index in [1.165, 1.54) is 11.3 Å². The van der Waals surface area contributed by atoms with Gasteiger partial charge in [-0.15, -0.1) is 11.3 Å².